The SMILES string of the molecule is CCCCCNCc1cc(Br)c(O)c(OC)c1. The van der Waals surface area contributed by atoms with E-state index in [9.17, 15) is 5.11 Å². The average Bonchev–Trinajstić information content (AvgIpc) is 2.33. The molecule has 0 saturated heterocycles. The van der Waals surface area contributed by atoms with Crippen molar-refractivity contribution in [2.24, 2.45) is 0 Å². The summed E-state index contributed by atoms with van der Waals surface area (Å²) >= 11 is 3.31. The number of rotatable bonds is 7. The molecule has 0 radical (unpaired) electrons. The van der Waals surface area contributed by atoms with E-state index in [0.29, 0.717) is 10.2 Å². The predicted molar refractivity (Wildman–Crippen MR) is 73.6 cm³/mol. The molecule has 3 nitrogen and oxygen atoms in total. The highest BCUT2D eigenvalue weighted by Gasteiger charge is 2.07. The van der Waals surface area contributed by atoms with Crippen LogP contribution in [0.15, 0.2) is 16.6 Å². The first kappa shape index (κ1) is 14.3. The molecule has 0 atom stereocenters. The summed E-state index contributed by atoms with van der Waals surface area (Å²) in [4.78, 5) is 0. The van der Waals surface area contributed by atoms with Crippen LogP contribution in [0.1, 0.15) is 31.7 Å². The zero-order chi connectivity index (χ0) is 12.7. The fourth-order valence-electron chi connectivity index (χ4n) is 1.62. The molecule has 0 spiro atoms. The van der Waals surface area contributed by atoms with Crippen LogP contribution in [0, 0.1) is 0 Å². The van der Waals surface area contributed by atoms with Crippen LogP contribution >= 0.6 is 15.9 Å². The summed E-state index contributed by atoms with van der Waals surface area (Å²) in [5.74, 6) is 0.659. The molecule has 0 bridgehead atoms. The summed E-state index contributed by atoms with van der Waals surface area (Å²) in [6, 6.07) is 3.76. The molecule has 1 aromatic rings. The Morgan fingerprint density at radius 3 is 2.76 bits per heavy atom. The summed E-state index contributed by atoms with van der Waals surface area (Å²) in [6.45, 7) is 4.01. The van der Waals surface area contributed by atoms with Crippen LogP contribution in [-0.2, 0) is 6.54 Å². The fourth-order valence-corrected chi connectivity index (χ4v) is 2.11. The number of ether oxygens (including phenoxy) is 1. The quantitative estimate of drug-likeness (QED) is 0.758. The Balaban J connectivity index is 2.51. The Hall–Kier alpha value is -0.740. The van der Waals surface area contributed by atoms with Gasteiger partial charge < -0.3 is 15.2 Å². The van der Waals surface area contributed by atoms with Crippen molar-refractivity contribution < 1.29 is 9.84 Å². The number of methoxy groups -OCH3 is 1. The van der Waals surface area contributed by atoms with Crippen LogP contribution in [0.2, 0.25) is 0 Å². The number of halogens is 1. The van der Waals surface area contributed by atoms with Gasteiger partial charge in [-0.25, -0.2) is 0 Å². The highest BCUT2D eigenvalue weighted by molar-refractivity contribution is 9.10. The topological polar surface area (TPSA) is 41.5 Å². The van der Waals surface area contributed by atoms with E-state index in [0.717, 1.165) is 18.7 Å². The maximum Gasteiger partial charge on any atom is 0.172 e. The van der Waals surface area contributed by atoms with E-state index in [4.69, 9.17) is 4.74 Å². The Bertz CT molecular complexity index is 356. The molecule has 0 heterocycles. The number of phenols is 1. The number of benzene rings is 1. The fraction of sp³-hybridized carbons (Fsp3) is 0.538. The molecule has 1 aromatic carbocycles. The summed E-state index contributed by atoms with van der Waals surface area (Å²) in [6.07, 6.45) is 3.70. The van der Waals surface area contributed by atoms with E-state index in [-0.39, 0.29) is 5.75 Å². The van der Waals surface area contributed by atoms with Crippen molar-refractivity contribution in [1.82, 2.24) is 5.32 Å². The molecule has 0 aliphatic heterocycles. The molecule has 0 aliphatic rings. The lowest BCUT2D eigenvalue weighted by Crippen LogP contribution is -2.14. The van der Waals surface area contributed by atoms with Gasteiger partial charge in [0.1, 0.15) is 0 Å². The van der Waals surface area contributed by atoms with Crippen molar-refractivity contribution in [2.75, 3.05) is 13.7 Å². The largest absolute Gasteiger partial charge is 0.503 e. The standard InChI is InChI=1S/C13H20BrNO2/c1-3-4-5-6-15-9-10-7-11(14)13(16)12(8-10)17-2/h7-8,15-16H,3-6,9H2,1-2H3. The summed E-state index contributed by atoms with van der Waals surface area (Å²) in [5.41, 5.74) is 1.10. The third kappa shape index (κ3) is 4.56. The van der Waals surface area contributed by atoms with Gasteiger partial charge in [-0.3, -0.25) is 0 Å². The molecule has 0 aromatic heterocycles. The molecule has 2 N–H and O–H groups in total. The Morgan fingerprint density at radius 2 is 2.12 bits per heavy atom. The zero-order valence-corrected chi connectivity index (χ0v) is 12.0. The highest BCUT2D eigenvalue weighted by Crippen LogP contribution is 2.35. The maximum absolute atomic E-state index is 9.67. The molecule has 0 fully saturated rings. The molecule has 0 unspecified atom stereocenters. The van der Waals surface area contributed by atoms with Gasteiger partial charge in [0, 0.05) is 6.54 Å². The second-order valence-corrected chi connectivity index (χ2v) is 4.87. The van der Waals surface area contributed by atoms with Crippen molar-refractivity contribution in [2.45, 2.75) is 32.7 Å². The number of hydrogen-bond donors (Lipinski definition) is 2. The molecule has 96 valence electrons. The minimum absolute atomic E-state index is 0.155. The van der Waals surface area contributed by atoms with Gasteiger partial charge in [0.05, 0.1) is 11.6 Å². The van der Waals surface area contributed by atoms with Crippen LogP contribution in [-0.4, -0.2) is 18.8 Å². The first-order chi connectivity index (χ1) is 8.19. The van der Waals surface area contributed by atoms with Crippen LogP contribution in [0.3, 0.4) is 0 Å². The molecule has 17 heavy (non-hydrogen) atoms. The third-order valence-electron chi connectivity index (χ3n) is 2.59. The molecular weight excluding hydrogens is 282 g/mol. The van der Waals surface area contributed by atoms with Crippen LogP contribution in [0.25, 0.3) is 0 Å². The summed E-state index contributed by atoms with van der Waals surface area (Å²) < 4.78 is 5.77. The zero-order valence-electron chi connectivity index (χ0n) is 10.4. The monoisotopic (exact) mass is 301 g/mol. The van der Waals surface area contributed by atoms with Gasteiger partial charge in [-0.1, -0.05) is 19.8 Å². The molecule has 0 amide bonds. The Morgan fingerprint density at radius 1 is 1.35 bits per heavy atom. The highest BCUT2D eigenvalue weighted by atomic mass is 79.9. The third-order valence-corrected chi connectivity index (χ3v) is 3.20. The summed E-state index contributed by atoms with van der Waals surface area (Å²) in [7, 11) is 1.56. The first-order valence-corrected chi connectivity index (χ1v) is 6.74. The van der Waals surface area contributed by atoms with Gasteiger partial charge in [0.25, 0.3) is 0 Å². The molecule has 0 saturated carbocycles. The lowest BCUT2D eigenvalue weighted by molar-refractivity contribution is 0.371. The van der Waals surface area contributed by atoms with Crippen molar-refractivity contribution in [3.8, 4) is 11.5 Å². The van der Waals surface area contributed by atoms with E-state index in [2.05, 4.69) is 28.2 Å². The van der Waals surface area contributed by atoms with Crippen molar-refractivity contribution >= 4 is 15.9 Å². The average molecular weight is 302 g/mol. The van der Waals surface area contributed by atoms with Crippen molar-refractivity contribution in [3.05, 3.63) is 22.2 Å². The van der Waals surface area contributed by atoms with E-state index in [1.165, 1.54) is 19.3 Å². The molecule has 0 aliphatic carbocycles. The Labute approximate surface area is 111 Å². The maximum atomic E-state index is 9.67. The second kappa shape index (κ2) is 7.56. The van der Waals surface area contributed by atoms with E-state index < -0.39 is 0 Å². The summed E-state index contributed by atoms with van der Waals surface area (Å²) in [5, 5.41) is 13.0. The van der Waals surface area contributed by atoms with Gasteiger partial charge in [-0.2, -0.15) is 0 Å². The number of unbranched alkanes of at least 4 members (excludes halogenated alkanes) is 2. The predicted octanol–water partition coefficient (Wildman–Crippen LogP) is 3.44. The minimum Gasteiger partial charge on any atom is -0.503 e. The number of nitrogens with one attached hydrogen (secondary N) is 1. The molecule has 4 heteroatoms. The lowest BCUT2D eigenvalue weighted by atomic mass is 10.2. The van der Waals surface area contributed by atoms with E-state index >= 15 is 0 Å². The van der Waals surface area contributed by atoms with Crippen LogP contribution in [0.4, 0.5) is 0 Å². The van der Waals surface area contributed by atoms with Crippen molar-refractivity contribution in [1.29, 1.82) is 0 Å². The minimum atomic E-state index is 0.155. The normalized spacial score (nSPS) is 10.5. The van der Waals surface area contributed by atoms with E-state index in [1.807, 2.05) is 12.1 Å². The van der Waals surface area contributed by atoms with Gasteiger partial charge in [-0.05, 0) is 46.6 Å². The smallest absolute Gasteiger partial charge is 0.172 e. The number of hydrogen-bond acceptors (Lipinski definition) is 3. The van der Waals surface area contributed by atoms with Crippen LogP contribution < -0.4 is 10.1 Å². The second-order valence-electron chi connectivity index (χ2n) is 4.01. The van der Waals surface area contributed by atoms with Gasteiger partial charge >= 0.3 is 0 Å². The number of aromatic hydroxyl groups is 1. The molecular formula is C13H20BrNO2. The van der Waals surface area contributed by atoms with Gasteiger partial charge in [-0.15, -0.1) is 0 Å². The number of phenolic OH excluding ortho intramolecular Hbond substituents is 1. The van der Waals surface area contributed by atoms with Gasteiger partial charge in [0.2, 0.25) is 0 Å². The van der Waals surface area contributed by atoms with Crippen molar-refractivity contribution in [3.63, 3.8) is 0 Å². The molecule has 1 rings (SSSR count). The van der Waals surface area contributed by atoms with E-state index in [1.54, 1.807) is 7.11 Å². The Kier molecular flexibility index (Phi) is 6.37. The van der Waals surface area contributed by atoms with Gasteiger partial charge in [0.15, 0.2) is 11.5 Å². The first-order valence-electron chi connectivity index (χ1n) is 5.95. The van der Waals surface area contributed by atoms with Crippen LogP contribution in [0.5, 0.6) is 11.5 Å². The lowest BCUT2D eigenvalue weighted by Gasteiger charge is -2.09.